The number of hydrogen-bond donors (Lipinski definition) is 3. The van der Waals surface area contributed by atoms with Crippen LogP contribution >= 0.6 is 0 Å². The Morgan fingerprint density at radius 1 is 1.09 bits per heavy atom. The second kappa shape index (κ2) is 8.74. The molecule has 32 heavy (non-hydrogen) atoms. The maximum absolute atomic E-state index is 14.7. The summed E-state index contributed by atoms with van der Waals surface area (Å²) in [6.45, 7) is 0. The molecule has 0 unspecified atom stereocenters. The molecule has 0 radical (unpaired) electrons. The summed E-state index contributed by atoms with van der Waals surface area (Å²) in [5, 5.41) is 4.18. The molecule has 1 saturated carbocycles. The minimum Gasteiger partial charge on any atom is -0.383 e. The molecule has 7 nitrogen and oxygen atoms in total. The summed E-state index contributed by atoms with van der Waals surface area (Å²) in [4.78, 5) is 20.9. The van der Waals surface area contributed by atoms with Gasteiger partial charge in [0, 0.05) is 28.9 Å². The number of nitrogens with two attached hydrogens (primary N) is 1. The number of aromatic nitrogens is 4. The minimum atomic E-state index is -0.490. The first kappa shape index (κ1) is 20.1. The molecule has 2 atom stereocenters. The van der Waals surface area contributed by atoms with E-state index in [0.29, 0.717) is 11.7 Å². The Balaban J connectivity index is 1.42. The lowest BCUT2D eigenvalue weighted by Gasteiger charge is -2.30. The van der Waals surface area contributed by atoms with Crippen molar-refractivity contribution in [3.8, 4) is 11.4 Å². The van der Waals surface area contributed by atoms with Gasteiger partial charge in [-0.25, -0.2) is 19.3 Å². The van der Waals surface area contributed by atoms with Crippen molar-refractivity contribution in [3.63, 3.8) is 0 Å². The van der Waals surface area contributed by atoms with Gasteiger partial charge in [0.15, 0.2) is 17.5 Å². The van der Waals surface area contributed by atoms with Crippen molar-refractivity contribution < 1.29 is 4.39 Å². The van der Waals surface area contributed by atoms with Gasteiger partial charge in [0.1, 0.15) is 11.5 Å². The quantitative estimate of drug-likeness (QED) is 0.324. The Bertz CT molecular complexity index is 1250. The van der Waals surface area contributed by atoms with E-state index in [9.17, 15) is 4.39 Å². The average Bonchev–Trinajstić information content (AvgIpc) is 3.26. The zero-order valence-electron chi connectivity index (χ0n) is 17.5. The van der Waals surface area contributed by atoms with E-state index in [0.717, 1.165) is 47.8 Å². The van der Waals surface area contributed by atoms with Crippen LogP contribution < -0.4 is 11.1 Å². The smallest absolute Gasteiger partial charge is 0.183 e. The van der Waals surface area contributed by atoms with Crippen molar-refractivity contribution in [3.05, 3.63) is 72.4 Å². The second-order valence-electron chi connectivity index (χ2n) is 7.98. The highest BCUT2D eigenvalue weighted by Gasteiger charge is 2.27. The summed E-state index contributed by atoms with van der Waals surface area (Å²) in [7, 11) is 0. The molecule has 0 spiro atoms. The number of anilines is 1. The van der Waals surface area contributed by atoms with Gasteiger partial charge in [-0.05, 0) is 25.0 Å². The molecule has 0 bridgehead atoms. The molecule has 5 rings (SSSR count). The average molecular weight is 430 g/mol. The van der Waals surface area contributed by atoms with Gasteiger partial charge in [-0.2, -0.15) is 0 Å². The first-order valence-electron chi connectivity index (χ1n) is 10.8. The number of amidine groups is 1. The van der Waals surface area contributed by atoms with Crippen molar-refractivity contribution in [1.82, 2.24) is 19.9 Å². The normalized spacial score (nSPS) is 19.2. The van der Waals surface area contributed by atoms with E-state index in [-0.39, 0.29) is 17.9 Å². The maximum Gasteiger partial charge on any atom is 0.183 e. The highest BCUT2D eigenvalue weighted by atomic mass is 19.1. The number of hydrogen-bond acceptors (Lipinski definition) is 5. The fourth-order valence-corrected chi connectivity index (χ4v) is 4.21. The van der Waals surface area contributed by atoms with Crippen LogP contribution in [0.1, 0.15) is 31.2 Å². The molecule has 4 N–H and O–H groups in total. The van der Waals surface area contributed by atoms with E-state index in [1.807, 2.05) is 42.5 Å². The van der Waals surface area contributed by atoms with Gasteiger partial charge in [-0.1, -0.05) is 43.2 Å². The molecular formula is C24H24FN7. The number of aromatic amines is 1. The number of fused-ring (bicyclic) bond motifs is 1. The number of aliphatic imine (C=N–C) groups is 1. The van der Waals surface area contributed by atoms with Crippen molar-refractivity contribution >= 4 is 22.7 Å². The summed E-state index contributed by atoms with van der Waals surface area (Å²) >= 11 is 0. The lowest BCUT2D eigenvalue weighted by atomic mass is 9.90. The lowest BCUT2D eigenvalue weighted by molar-refractivity contribution is 0.403. The third-order valence-electron chi connectivity index (χ3n) is 5.86. The van der Waals surface area contributed by atoms with Gasteiger partial charge in [0.2, 0.25) is 0 Å². The second-order valence-corrected chi connectivity index (χ2v) is 7.98. The maximum atomic E-state index is 14.7. The Morgan fingerprint density at radius 2 is 1.94 bits per heavy atom. The van der Waals surface area contributed by atoms with Gasteiger partial charge in [-0.15, -0.1) is 0 Å². The van der Waals surface area contributed by atoms with Crippen LogP contribution in [0.15, 0.2) is 66.0 Å². The zero-order valence-corrected chi connectivity index (χ0v) is 17.5. The standard InChI is InChI=1S/C24H24FN7/c25-18-14-29-23(17-13-28-22-16(17)9-6-12-27-22)32-24(18)31-20-11-5-4-10-19(20)30-21(26)15-7-2-1-3-8-15/h1-3,6-9,12-14,19-20H,4-5,10-11H2,(H2,26,30)(H,27,28)(H,29,31,32)/t19-,20-/m1/s1. The molecule has 1 fully saturated rings. The first-order valence-corrected chi connectivity index (χ1v) is 10.8. The van der Waals surface area contributed by atoms with Crippen molar-refractivity contribution in [1.29, 1.82) is 0 Å². The number of pyridine rings is 1. The van der Waals surface area contributed by atoms with E-state index in [4.69, 9.17) is 10.7 Å². The summed E-state index contributed by atoms with van der Waals surface area (Å²) in [6.07, 6.45) is 8.58. The Kier molecular flexibility index (Phi) is 5.49. The summed E-state index contributed by atoms with van der Waals surface area (Å²) in [6, 6.07) is 13.4. The minimum absolute atomic E-state index is 0.0564. The molecular weight excluding hydrogens is 405 g/mol. The third-order valence-corrected chi connectivity index (χ3v) is 5.86. The topological polar surface area (TPSA) is 105 Å². The molecule has 1 aliphatic carbocycles. The Labute approximate surface area is 185 Å². The van der Waals surface area contributed by atoms with E-state index in [1.54, 1.807) is 12.4 Å². The van der Waals surface area contributed by atoms with Crippen LogP contribution in [0.2, 0.25) is 0 Å². The van der Waals surface area contributed by atoms with Gasteiger partial charge < -0.3 is 16.0 Å². The Morgan fingerprint density at radius 3 is 2.81 bits per heavy atom. The van der Waals surface area contributed by atoms with Crippen molar-refractivity contribution in [2.24, 2.45) is 10.7 Å². The predicted octanol–water partition coefficient (Wildman–Crippen LogP) is 4.29. The zero-order chi connectivity index (χ0) is 21.9. The molecule has 3 aromatic heterocycles. The monoisotopic (exact) mass is 429 g/mol. The van der Waals surface area contributed by atoms with Gasteiger partial charge in [0.25, 0.3) is 0 Å². The fraction of sp³-hybridized carbons (Fsp3) is 0.250. The largest absolute Gasteiger partial charge is 0.383 e. The van der Waals surface area contributed by atoms with Crippen LogP contribution in [-0.2, 0) is 0 Å². The predicted molar refractivity (Wildman–Crippen MR) is 124 cm³/mol. The van der Waals surface area contributed by atoms with Crippen LogP contribution in [0.4, 0.5) is 10.2 Å². The third kappa shape index (κ3) is 4.03. The van der Waals surface area contributed by atoms with Gasteiger partial charge in [-0.3, -0.25) is 4.99 Å². The van der Waals surface area contributed by atoms with Crippen LogP contribution in [0.3, 0.4) is 0 Å². The van der Waals surface area contributed by atoms with Crippen LogP contribution in [-0.4, -0.2) is 37.9 Å². The van der Waals surface area contributed by atoms with E-state index >= 15 is 0 Å². The molecule has 0 amide bonds. The van der Waals surface area contributed by atoms with Crippen LogP contribution in [0.25, 0.3) is 22.4 Å². The SMILES string of the molecule is NC(=N[C@@H]1CCCC[C@H]1Nc1nc(-c2c[nH]c3ncccc23)ncc1F)c1ccccc1. The number of nitrogens with one attached hydrogen (secondary N) is 2. The molecule has 1 aliphatic rings. The number of nitrogens with zero attached hydrogens (tertiary/aromatic N) is 4. The number of rotatable bonds is 5. The van der Waals surface area contributed by atoms with E-state index < -0.39 is 5.82 Å². The highest BCUT2D eigenvalue weighted by Crippen LogP contribution is 2.28. The Hall–Kier alpha value is -3.81. The first-order chi connectivity index (χ1) is 15.7. The molecule has 8 heteroatoms. The highest BCUT2D eigenvalue weighted by molar-refractivity contribution is 5.97. The van der Waals surface area contributed by atoms with Crippen molar-refractivity contribution in [2.45, 2.75) is 37.8 Å². The van der Waals surface area contributed by atoms with Gasteiger partial charge >= 0.3 is 0 Å². The number of H-pyrrole nitrogens is 1. The summed E-state index contributed by atoms with van der Waals surface area (Å²) < 4.78 is 14.7. The summed E-state index contributed by atoms with van der Waals surface area (Å²) in [5.74, 6) is 0.627. The fourth-order valence-electron chi connectivity index (χ4n) is 4.21. The lowest BCUT2D eigenvalue weighted by Crippen LogP contribution is -2.37. The van der Waals surface area contributed by atoms with Crippen LogP contribution in [0, 0.1) is 5.82 Å². The molecule has 162 valence electrons. The molecule has 3 heterocycles. The molecule has 4 aromatic rings. The van der Waals surface area contributed by atoms with E-state index in [1.165, 1.54) is 6.20 Å². The molecule has 0 aliphatic heterocycles. The van der Waals surface area contributed by atoms with E-state index in [2.05, 4.69) is 25.3 Å². The van der Waals surface area contributed by atoms with Crippen molar-refractivity contribution in [2.75, 3.05) is 5.32 Å². The molecule has 0 saturated heterocycles. The number of benzene rings is 1. The number of halogens is 1. The molecule has 1 aromatic carbocycles. The summed E-state index contributed by atoms with van der Waals surface area (Å²) in [5.41, 5.74) is 8.67. The van der Waals surface area contributed by atoms with Gasteiger partial charge in [0.05, 0.1) is 18.3 Å². The van der Waals surface area contributed by atoms with Crippen LogP contribution in [0.5, 0.6) is 0 Å².